The molecule has 3 nitrogen and oxygen atoms in total. The molecule has 20 heavy (non-hydrogen) atoms. The molecule has 2 aromatic rings. The number of thioether (sulfide) groups is 1. The highest BCUT2D eigenvalue weighted by Crippen LogP contribution is 2.45. The van der Waals surface area contributed by atoms with E-state index in [0.717, 1.165) is 18.3 Å². The van der Waals surface area contributed by atoms with Crippen molar-refractivity contribution in [1.29, 1.82) is 0 Å². The first-order valence-electron chi connectivity index (χ1n) is 6.64. The van der Waals surface area contributed by atoms with Crippen LogP contribution in [0.1, 0.15) is 5.56 Å². The van der Waals surface area contributed by atoms with E-state index in [4.69, 9.17) is 0 Å². The lowest BCUT2D eigenvalue weighted by atomic mass is 10.1. The van der Waals surface area contributed by atoms with Crippen molar-refractivity contribution in [3.05, 3.63) is 40.2 Å². The average Bonchev–Trinajstić information content (AvgIpc) is 3.10. The van der Waals surface area contributed by atoms with Gasteiger partial charge >= 0.3 is 0 Å². The molecule has 1 aromatic carbocycles. The summed E-state index contributed by atoms with van der Waals surface area (Å²) in [6.07, 6.45) is 0. The second kappa shape index (κ2) is 4.53. The van der Waals surface area contributed by atoms with Crippen LogP contribution >= 0.6 is 23.1 Å². The summed E-state index contributed by atoms with van der Waals surface area (Å²) >= 11 is 3.61. The molecule has 0 saturated carbocycles. The number of fused-ring (bicyclic) bond motifs is 2. The Morgan fingerprint density at radius 3 is 2.95 bits per heavy atom. The minimum Gasteiger partial charge on any atom is -0.370 e. The monoisotopic (exact) mass is 301 g/mol. The molecule has 0 amide bonds. The molecule has 3 heterocycles. The summed E-state index contributed by atoms with van der Waals surface area (Å²) in [4.78, 5) is 9.18. The minimum absolute atomic E-state index is 0.911. The third-order valence-corrected chi connectivity index (χ3v) is 5.85. The van der Waals surface area contributed by atoms with Crippen LogP contribution < -0.4 is 0 Å². The third-order valence-electron chi connectivity index (χ3n) is 3.60. The molecule has 0 aliphatic carbocycles. The van der Waals surface area contributed by atoms with E-state index < -0.39 is 0 Å². The number of benzene rings is 1. The van der Waals surface area contributed by atoms with E-state index in [1.54, 1.807) is 11.8 Å². The Morgan fingerprint density at radius 1 is 1.25 bits per heavy atom. The molecule has 0 bridgehead atoms. The Kier molecular flexibility index (Phi) is 2.79. The predicted molar refractivity (Wildman–Crippen MR) is 89.0 cm³/mol. The van der Waals surface area contributed by atoms with Gasteiger partial charge in [-0.05, 0) is 17.8 Å². The van der Waals surface area contributed by atoms with E-state index in [2.05, 4.69) is 58.5 Å². The van der Waals surface area contributed by atoms with Crippen LogP contribution in [0.5, 0.6) is 0 Å². The Hall–Kier alpha value is -1.46. The normalized spacial score (nSPS) is 17.9. The molecule has 2 aliphatic heterocycles. The standard InChI is InChI=1S/C15H15N3S2/c1-17(2)14-13(18-8-7-16-15(18)20-14)11-9-19-12-6-4-3-5-10(11)12/h3-6,9H,7-8H2,1-2H3. The van der Waals surface area contributed by atoms with E-state index in [-0.39, 0.29) is 0 Å². The van der Waals surface area contributed by atoms with E-state index in [1.807, 2.05) is 11.3 Å². The zero-order valence-electron chi connectivity index (χ0n) is 11.5. The van der Waals surface area contributed by atoms with Crippen molar-refractivity contribution in [2.24, 2.45) is 4.99 Å². The summed E-state index contributed by atoms with van der Waals surface area (Å²) < 4.78 is 1.35. The first kappa shape index (κ1) is 12.3. The number of aliphatic imine (C=N–C) groups is 1. The Labute approximate surface area is 126 Å². The van der Waals surface area contributed by atoms with Gasteiger partial charge in [0, 0.05) is 41.7 Å². The van der Waals surface area contributed by atoms with Crippen LogP contribution in [0.25, 0.3) is 15.8 Å². The number of hydrogen-bond donors (Lipinski definition) is 0. The summed E-state index contributed by atoms with van der Waals surface area (Å²) in [6, 6.07) is 8.64. The number of hydrogen-bond acceptors (Lipinski definition) is 5. The fourth-order valence-corrected chi connectivity index (χ4v) is 4.76. The summed E-state index contributed by atoms with van der Waals surface area (Å²) in [5.74, 6) is 0. The summed E-state index contributed by atoms with van der Waals surface area (Å²) in [6.45, 7) is 1.91. The van der Waals surface area contributed by atoms with Crippen molar-refractivity contribution < 1.29 is 0 Å². The fourth-order valence-electron chi connectivity index (χ4n) is 2.70. The lowest BCUT2D eigenvalue weighted by Crippen LogP contribution is -2.20. The van der Waals surface area contributed by atoms with Gasteiger partial charge in [0.2, 0.25) is 0 Å². The fraction of sp³-hybridized carbons (Fsp3) is 0.267. The molecule has 102 valence electrons. The van der Waals surface area contributed by atoms with Gasteiger partial charge in [-0.2, -0.15) is 0 Å². The van der Waals surface area contributed by atoms with Crippen molar-refractivity contribution in [3.8, 4) is 0 Å². The van der Waals surface area contributed by atoms with E-state index in [1.165, 1.54) is 26.4 Å². The Bertz CT molecular complexity index is 742. The smallest absolute Gasteiger partial charge is 0.170 e. The van der Waals surface area contributed by atoms with Crippen molar-refractivity contribution >= 4 is 44.0 Å². The second-order valence-electron chi connectivity index (χ2n) is 5.11. The molecular formula is C15H15N3S2. The second-order valence-corrected chi connectivity index (χ2v) is 6.98. The Balaban J connectivity index is 1.94. The molecule has 0 fully saturated rings. The maximum Gasteiger partial charge on any atom is 0.170 e. The summed E-state index contributed by atoms with van der Waals surface area (Å²) in [7, 11) is 4.22. The van der Waals surface area contributed by atoms with Gasteiger partial charge < -0.3 is 9.80 Å². The quantitative estimate of drug-likeness (QED) is 0.846. The van der Waals surface area contributed by atoms with Crippen molar-refractivity contribution in [1.82, 2.24) is 9.80 Å². The molecule has 0 saturated heterocycles. The van der Waals surface area contributed by atoms with Crippen LogP contribution in [-0.2, 0) is 0 Å². The molecule has 4 rings (SSSR count). The van der Waals surface area contributed by atoms with Crippen LogP contribution in [0.4, 0.5) is 0 Å². The zero-order valence-corrected chi connectivity index (χ0v) is 13.1. The lowest BCUT2D eigenvalue weighted by molar-refractivity contribution is 0.539. The zero-order chi connectivity index (χ0) is 13.7. The van der Waals surface area contributed by atoms with Gasteiger partial charge in [0.15, 0.2) is 5.17 Å². The predicted octanol–water partition coefficient (Wildman–Crippen LogP) is 3.51. The van der Waals surface area contributed by atoms with Crippen LogP contribution in [0.2, 0.25) is 0 Å². The minimum atomic E-state index is 0.911. The van der Waals surface area contributed by atoms with E-state index >= 15 is 0 Å². The van der Waals surface area contributed by atoms with Crippen LogP contribution in [0.3, 0.4) is 0 Å². The summed E-state index contributed by atoms with van der Waals surface area (Å²) in [5, 5.41) is 6.08. The number of nitrogens with zero attached hydrogens (tertiary/aromatic N) is 3. The molecule has 0 atom stereocenters. The van der Waals surface area contributed by atoms with Gasteiger partial charge in [0.05, 0.1) is 12.2 Å². The van der Waals surface area contributed by atoms with Crippen LogP contribution in [-0.4, -0.2) is 42.2 Å². The highest BCUT2D eigenvalue weighted by Gasteiger charge is 2.34. The topological polar surface area (TPSA) is 18.8 Å². The molecule has 0 radical (unpaired) electrons. The van der Waals surface area contributed by atoms with Crippen molar-refractivity contribution in [2.45, 2.75) is 0 Å². The highest BCUT2D eigenvalue weighted by atomic mass is 32.2. The highest BCUT2D eigenvalue weighted by molar-refractivity contribution is 8.17. The van der Waals surface area contributed by atoms with E-state index in [0.29, 0.717) is 0 Å². The van der Waals surface area contributed by atoms with Crippen LogP contribution in [0.15, 0.2) is 39.7 Å². The number of amidine groups is 1. The average molecular weight is 301 g/mol. The van der Waals surface area contributed by atoms with Gasteiger partial charge in [-0.15, -0.1) is 11.3 Å². The molecule has 0 N–H and O–H groups in total. The van der Waals surface area contributed by atoms with Crippen LogP contribution in [0, 0.1) is 0 Å². The van der Waals surface area contributed by atoms with Gasteiger partial charge in [0.25, 0.3) is 0 Å². The first-order chi connectivity index (χ1) is 9.75. The lowest BCUT2D eigenvalue weighted by Gasteiger charge is -2.19. The van der Waals surface area contributed by atoms with Crippen molar-refractivity contribution in [2.75, 3.05) is 27.2 Å². The summed E-state index contributed by atoms with van der Waals surface area (Å²) in [5.41, 5.74) is 2.67. The van der Waals surface area contributed by atoms with Crippen molar-refractivity contribution in [3.63, 3.8) is 0 Å². The molecule has 5 heteroatoms. The molecule has 2 aliphatic rings. The maximum atomic E-state index is 4.61. The van der Waals surface area contributed by atoms with Gasteiger partial charge in [-0.3, -0.25) is 4.99 Å². The SMILES string of the molecule is CN(C)C1=C(c2csc3ccccc23)N2CCN=C2S1. The molecule has 0 unspecified atom stereocenters. The number of rotatable bonds is 2. The first-order valence-corrected chi connectivity index (χ1v) is 8.33. The number of thiophene rings is 1. The Morgan fingerprint density at radius 2 is 2.10 bits per heavy atom. The largest absolute Gasteiger partial charge is 0.370 e. The molecule has 0 spiro atoms. The van der Waals surface area contributed by atoms with Gasteiger partial charge in [0.1, 0.15) is 5.03 Å². The molecular weight excluding hydrogens is 286 g/mol. The van der Waals surface area contributed by atoms with Gasteiger partial charge in [-0.25, -0.2) is 0 Å². The van der Waals surface area contributed by atoms with Gasteiger partial charge in [-0.1, -0.05) is 18.2 Å². The van der Waals surface area contributed by atoms with E-state index in [9.17, 15) is 0 Å². The third kappa shape index (κ3) is 1.70. The maximum absolute atomic E-state index is 4.61. The molecule has 1 aromatic heterocycles.